The lowest BCUT2D eigenvalue weighted by Gasteiger charge is -2.29. The smallest absolute Gasteiger partial charge is 0.142 e. The highest BCUT2D eigenvalue weighted by atomic mass is 16.5. The van der Waals surface area contributed by atoms with Gasteiger partial charge in [-0.05, 0) is 76.1 Å². The minimum absolute atomic E-state index is 0.170. The first kappa shape index (κ1) is 18.2. The molecule has 28 heavy (non-hydrogen) atoms. The maximum Gasteiger partial charge on any atom is 0.142 e. The van der Waals surface area contributed by atoms with Crippen molar-refractivity contribution in [1.29, 1.82) is 0 Å². The van der Waals surface area contributed by atoms with Crippen molar-refractivity contribution in [2.75, 3.05) is 0 Å². The van der Waals surface area contributed by atoms with E-state index in [-0.39, 0.29) is 11.5 Å². The van der Waals surface area contributed by atoms with Gasteiger partial charge in [-0.2, -0.15) is 0 Å². The average Bonchev–Trinajstić information content (AvgIpc) is 3.01. The largest absolute Gasteiger partial charge is 0.508 e. The van der Waals surface area contributed by atoms with E-state index in [9.17, 15) is 10.2 Å². The van der Waals surface area contributed by atoms with Crippen molar-refractivity contribution in [3.63, 3.8) is 0 Å². The summed E-state index contributed by atoms with van der Waals surface area (Å²) in [6.45, 7) is 8.00. The third-order valence-electron chi connectivity index (χ3n) is 4.90. The molecular formula is C24H24O4. The molecule has 0 saturated carbocycles. The summed E-state index contributed by atoms with van der Waals surface area (Å²) in [6.07, 6.45) is 6.55. The molecule has 0 spiro atoms. The quantitative estimate of drug-likeness (QED) is 0.534. The van der Waals surface area contributed by atoms with E-state index < -0.39 is 5.60 Å². The molecule has 0 atom stereocenters. The normalized spacial score (nSPS) is 14.6. The fraction of sp³-hybridized carbons (Fsp3) is 0.250. The number of aromatic hydroxyl groups is 2. The van der Waals surface area contributed by atoms with Gasteiger partial charge in [-0.25, -0.2) is 0 Å². The fourth-order valence-electron chi connectivity index (χ4n) is 3.37. The van der Waals surface area contributed by atoms with E-state index in [4.69, 9.17) is 9.15 Å². The SMILES string of the molecule is CC(C)=CCc1cc2cc(-c3ccc(O)c4c3OC(C)(C)C=C4)oc2cc1O. The molecule has 0 saturated heterocycles. The van der Waals surface area contributed by atoms with Gasteiger partial charge < -0.3 is 19.4 Å². The number of hydrogen-bond donors (Lipinski definition) is 2. The van der Waals surface area contributed by atoms with Gasteiger partial charge in [0, 0.05) is 11.5 Å². The number of phenols is 2. The summed E-state index contributed by atoms with van der Waals surface area (Å²) in [5.41, 5.74) is 3.61. The Bertz CT molecular complexity index is 1130. The Kier molecular flexibility index (Phi) is 4.22. The Morgan fingerprint density at radius 2 is 1.86 bits per heavy atom. The monoisotopic (exact) mass is 376 g/mol. The predicted molar refractivity (Wildman–Crippen MR) is 112 cm³/mol. The third-order valence-corrected chi connectivity index (χ3v) is 4.90. The van der Waals surface area contributed by atoms with E-state index in [1.807, 2.05) is 52.0 Å². The van der Waals surface area contributed by atoms with Crippen LogP contribution in [0.2, 0.25) is 0 Å². The van der Waals surface area contributed by atoms with Crippen molar-refractivity contribution in [3.05, 3.63) is 59.2 Å². The van der Waals surface area contributed by atoms with Gasteiger partial charge in [0.25, 0.3) is 0 Å². The summed E-state index contributed by atoms with van der Waals surface area (Å²) < 4.78 is 12.2. The summed E-state index contributed by atoms with van der Waals surface area (Å²) in [6, 6.07) is 9.00. The molecule has 1 aliphatic heterocycles. The molecule has 0 amide bonds. The van der Waals surface area contributed by atoms with Gasteiger partial charge in [0.05, 0.1) is 11.1 Å². The van der Waals surface area contributed by atoms with Crippen molar-refractivity contribution < 1.29 is 19.4 Å². The minimum atomic E-state index is -0.475. The Balaban J connectivity index is 1.83. The topological polar surface area (TPSA) is 62.8 Å². The number of rotatable bonds is 3. The van der Waals surface area contributed by atoms with Crippen LogP contribution in [0.5, 0.6) is 17.2 Å². The molecule has 0 bridgehead atoms. The highest BCUT2D eigenvalue weighted by Crippen LogP contribution is 2.45. The number of hydrogen-bond acceptors (Lipinski definition) is 4. The number of phenolic OH excluding ortho intramolecular Hbond substituents is 2. The molecule has 144 valence electrons. The lowest BCUT2D eigenvalue weighted by molar-refractivity contribution is 0.159. The molecular weight excluding hydrogens is 352 g/mol. The minimum Gasteiger partial charge on any atom is -0.508 e. The van der Waals surface area contributed by atoms with Crippen LogP contribution < -0.4 is 4.74 Å². The molecule has 1 aliphatic rings. The van der Waals surface area contributed by atoms with E-state index in [1.54, 1.807) is 18.2 Å². The lowest BCUT2D eigenvalue weighted by Crippen LogP contribution is -2.27. The van der Waals surface area contributed by atoms with E-state index >= 15 is 0 Å². The average molecular weight is 376 g/mol. The highest BCUT2D eigenvalue weighted by molar-refractivity contribution is 5.88. The first-order valence-corrected chi connectivity index (χ1v) is 9.37. The van der Waals surface area contributed by atoms with E-state index in [0.29, 0.717) is 29.1 Å². The van der Waals surface area contributed by atoms with E-state index in [0.717, 1.165) is 16.5 Å². The molecule has 2 aromatic carbocycles. The Hall–Kier alpha value is -3.14. The molecule has 3 aromatic rings. The predicted octanol–water partition coefficient (Wildman–Crippen LogP) is 6.20. The second-order valence-corrected chi connectivity index (χ2v) is 8.03. The van der Waals surface area contributed by atoms with Crippen LogP contribution in [0.3, 0.4) is 0 Å². The molecule has 4 nitrogen and oxygen atoms in total. The van der Waals surface area contributed by atoms with Crippen LogP contribution in [0.15, 0.2) is 52.5 Å². The molecule has 1 aromatic heterocycles. The van der Waals surface area contributed by atoms with Crippen LogP contribution >= 0.6 is 0 Å². The first-order chi connectivity index (χ1) is 13.2. The van der Waals surface area contributed by atoms with Crippen molar-refractivity contribution in [2.24, 2.45) is 0 Å². The highest BCUT2D eigenvalue weighted by Gasteiger charge is 2.27. The first-order valence-electron chi connectivity index (χ1n) is 9.37. The molecule has 0 unspecified atom stereocenters. The zero-order chi connectivity index (χ0) is 20.1. The van der Waals surface area contributed by atoms with Crippen molar-refractivity contribution >= 4 is 17.0 Å². The van der Waals surface area contributed by atoms with Crippen LogP contribution in [0.1, 0.15) is 38.8 Å². The van der Waals surface area contributed by atoms with Crippen LogP contribution in [0.25, 0.3) is 28.4 Å². The van der Waals surface area contributed by atoms with Gasteiger partial charge in [-0.1, -0.05) is 11.6 Å². The van der Waals surface area contributed by atoms with E-state index in [2.05, 4.69) is 6.08 Å². The molecule has 0 radical (unpaired) electrons. The molecule has 2 N–H and O–H groups in total. The number of ether oxygens (including phenoxy) is 1. The van der Waals surface area contributed by atoms with Crippen LogP contribution in [-0.2, 0) is 6.42 Å². The summed E-state index contributed by atoms with van der Waals surface area (Å²) in [5.74, 6) is 1.62. The number of fused-ring (bicyclic) bond motifs is 2. The molecule has 0 aliphatic carbocycles. The maximum absolute atomic E-state index is 10.3. The van der Waals surface area contributed by atoms with E-state index in [1.165, 1.54) is 5.57 Å². The summed E-state index contributed by atoms with van der Waals surface area (Å²) in [4.78, 5) is 0. The molecule has 2 heterocycles. The number of benzene rings is 2. The van der Waals surface area contributed by atoms with Crippen molar-refractivity contribution in [1.82, 2.24) is 0 Å². The number of furan rings is 1. The van der Waals surface area contributed by atoms with Crippen molar-refractivity contribution in [3.8, 4) is 28.6 Å². The lowest BCUT2D eigenvalue weighted by atomic mass is 9.98. The van der Waals surface area contributed by atoms with Gasteiger partial charge >= 0.3 is 0 Å². The zero-order valence-corrected chi connectivity index (χ0v) is 16.5. The Morgan fingerprint density at radius 3 is 2.61 bits per heavy atom. The molecule has 4 rings (SSSR count). The summed E-state index contributed by atoms with van der Waals surface area (Å²) >= 11 is 0. The second-order valence-electron chi connectivity index (χ2n) is 8.03. The summed E-state index contributed by atoms with van der Waals surface area (Å²) in [5, 5.41) is 21.5. The van der Waals surface area contributed by atoms with Gasteiger partial charge in [0.1, 0.15) is 34.2 Å². The fourth-order valence-corrected chi connectivity index (χ4v) is 3.37. The Morgan fingerprint density at radius 1 is 1.07 bits per heavy atom. The van der Waals surface area contributed by atoms with Crippen LogP contribution in [0.4, 0.5) is 0 Å². The second kappa shape index (κ2) is 6.48. The zero-order valence-electron chi connectivity index (χ0n) is 16.5. The maximum atomic E-state index is 10.3. The van der Waals surface area contributed by atoms with Crippen molar-refractivity contribution in [2.45, 2.75) is 39.7 Å². The molecule has 0 fully saturated rings. The molecule has 4 heteroatoms. The number of allylic oxidation sites excluding steroid dienone is 2. The van der Waals surface area contributed by atoms with Gasteiger partial charge in [0.15, 0.2) is 0 Å². The standard InChI is InChI=1S/C24H24O4/c1-14(2)5-6-15-11-16-12-22(27-21(16)13-20(15)26)18-7-8-19(25)17-9-10-24(3,4)28-23(17)18/h5,7-13,25-26H,6H2,1-4H3. The summed E-state index contributed by atoms with van der Waals surface area (Å²) in [7, 11) is 0. The van der Waals surface area contributed by atoms with Gasteiger partial charge in [-0.15, -0.1) is 0 Å². The Labute approximate surface area is 164 Å². The van der Waals surface area contributed by atoms with Gasteiger partial charge in [-0.3, -0.25) is 0 Å². The van der Waals surface area contributed by atoms with Crippen LogP contribution in [-0.4, -0.2) is 15.8 Å². The van der Waals surface area contributed by atoms with Crippen LogP contribution in [0, 0.1) is 0 Å². The van der Waals surface area contributed by atoms with Gasteiger partial charge in [0.2, 0.25) is 0 Å². The third kappa shape index (κ3) is 3.26.